The summed E-state index contributed by atoms with van der Waals surface area (Å²) >= 11 is 0. The molecule has 1 saturated heterocycles. The van der Waals surface area contributed by atoms with Crippen LogP contribution in [-0.4, -0.2) is 27.5 Å². The number of nitrogens with zero attached hydrogens (tertiary/aromatic N) is 1. The Morgan fingerprint density at radius 1 is 1.47 bits per heavy atom. The van der Waals surface area contributed by atoms with E-state index in [1.165, 1.54) is 6.07 Å². The van der Waals surface area contributed by atoms with Crippen LogP contribution in [-0.2, 0) is 10.0 Å². The van der Waals surface area contributed by atoms with E-state index in [4.69, 9.17) is 5.26 Å². The van der Waals surface area contributed by atoms with Crippen molar-refractivity contribution in [2.75, 3.05) is 13.1 Å². The first-order chi connectivity index (χ1) is 8.03. The molecular weight excluding hydrogens is 238 g/mol. The summed E-state index contributed by atoms with van der Waals surface area (Å²) < 4.78 is 26.8. The lowest BCUT2D eigenvalue weighted by Crippen LogP contribution is -2.56. The Labute approximate surface area is 101 Å². The summed E-state index contributed by atoms with van der Waals surface area (Å²) in [5.74, 6) is 0. The maximum atomic E-state index is 12.1. The van der Waals surface area contributed by atoms with Gasteiger partial charge in [-0.3, -0.25) is 0 Å². The van der Waals surface area contributed by atoms with Crippen LogP contribution in [0.5, 0.6) is 0 Å². The molecule has 0 spiro atoms. The fourth-order valence-corrected chi connectivity index (χ4v) is 3.12. The van der Waals surface area contributed by atoms with Gasteiger partial charge < -0.3 is 5.32 Å². The van der Waals surface area contributed by atoms with Crippen LogP contribution in [0.25, 0.3) is 0 Å². The minimum absolute atomic E-state index is 0.0508. The molecule has 5 nitrogen and oxygen atoms in total. The van der Waals surface area contributed by atoms with Crippen molar-refractivity contribution in [1.29, 1.82) is 5.26 Å². The van der Waals surface area contributed by atoms with Crippen LogP contribution >= 0.6 is 0 Å². The lowest BCUT2D eigenvalue weighted by Gasteiger charge is -2.27. The van der Waals surface area contributed by atoms with Crippen LogP contribution in [0.15, 0.2) is 23.1 Å². The lowest BCUT2D eigenvalue weighted by atomic mass is 10.2. The van der Waals surface area contributed by atoms with Gasteiger partial charge in [0.1, 0.15) is 0 Å². The molecule has 1 aromatic rings. The first kappa shape index (κ1) is 12.0. The predicted molar refractivity (Wildman–Crippen MR) is 62.9 cm³/mol. The molecular formula is C11H13N3O2S. The smallest absolute Gasteiger partial charge is 0.241 e. The monoisotopic (exact) mass is 251 g/mol. The molecule has 0 aromatic heterocycles. The topological polar surface area (TPSA) is 82.0 Å². The van der Waals surface area contributed by atoms with Gasteiger partial charge in [-0.05, 0) is 24.6 Å². The van der Waals surface area contributed by atoms with E-state index in [0.29, 0.717) is 24.2 Å². The Balaban J connectivity index is 2.34. The molecule has 1 aliphatic rings. The second-order valence-corrected chi connectivity index (χ2v) is 5.75. The Bertz CT molecular complexity index is 571. The average molecular weight is 251 g/mol. The molecule has 2 N–H and O–H groups in total. The number of hydrogen-bond acceptors (Lipinski definition) is 4. The number of rotatable bonds is 3. The van der Waals surface area contributed by atoms with Crippen molar-refractivity contribution in [2.24, 2.45) is 0 Å². The lowest BCUT2D eigenvalue weighted by molar-refractivity contribution is 0.410. The summed E-state index contributed by atoms with van der Waals surface area (Å²) in [6.07, 6.45) is 0. The third kappa shape index (κ3) is 2.47. The number of benzene rings is 1. The van der Waals surface area contributed by atoms with E-state index in [9.17, 15) is 8.42 Å². The van der Waals surface area contributed by atoms with Crippen LogP contribution in [0.1, 0.15) is 11.1 Å². The number of sulfonamides is 1. The second-order valence-electron chi connectivity index (χ2n) is 4.07. The first-order valence-corrected chi connectivity index (χ1v) is 6.75. The summed E-state index contributed by atoms with van der Waals surface area (Å²) in [5, 5.41) is 11.8. The molecule has 17 heavy (non-hydrogen) atoms. The predicted octanol–water partition coefficient (Wildman–Crippen LogP) is 0.117. The molecule has 1 aromatic carbocycles. The van der Waals surface area contributed by atoms with Gasteiger partial charge in [0.25, 0.3) is 0 Å². The van der Waals surface area contributed by atoms with Crippen molar-refractivity contribution >= 4 is 10.0 Å². The van der Waals surface area contributed by atoms with Gasteiger partial charge in [-0.1, -0.05) is 6.07 Å². The van der Waals surface area contributed by atoms with Crippen molar-refractivity contribution in [3.8, 4) is 6.07 Å². The van der Waals surface area contributed by atoms with Crippen LogP contribution in [0.4, 0.5) is 0 Å². The van der Waals surface area contributed by atoms with Crippen LogP contribution in [0.3, 0.4) is 0 Å². The van der Waals surface area contributed by atoms with E-state index in [2.05, 4.69) is 10.0 Å². The third-order valence-electron chi connectivity index (χ3n) is 2.71. The van der Waals surface area contributed by atoms with Gasteiger partial charge in [-0.25, -0.2) is 13.1 Å². The highest BCUT2D eigenvalue weighted by atomic mass is 32.2. The zero-order valence-electron chi connectivity index (χ0n) is 9.40. The number of hydrogen-bond donors (Lipinski definition) is 2. The molecule has 6 heteroatoms. The summed E-state index contributed by atoms with van der Waals surface area (Å²) in [5.41, 5.74) is 0.992. The zero-order valence-corrected chi connectivity index (χ0v) is 10.2. The maximum Gasteiger partial charge on any atom is 0.241 e. The normalized spacial score (nSPS) is 16.2. The van der Waals surface area contributed by atoms with Gasteiger partial charge in [0.05, 0.1) is 16.5 Å². The Morgan fingerprint density at radius 2 is 2.18 bits per heavy atom. The summed E-state index contributed by atoms with van der Waals surface area (Å²) in [7, 11) is -3.52. The van der Waals surface area contributed by atoms with Gasteiger partial charge in [-0.15, -0.1) is 0 Å². The largest absolute Gasteiger partial charge is 0.313 e. The zero-order chi connectivity index (χ0) is 12.5. The van der Waals surface area contributed by atoms with Gasteiger partial charge in [0.2, 0.25) is 10.0 Å². The third-order valence-corrected chi connectivity index (χ3v) is 4.37. The highest BCUT2D eigenvalue weighted by Crippen LogP contribution is 2.17. The molecule has 1 fully saturated rings. The van der Waals surface area contributed by atoms with Gasteiger partial charge >= 0.3 is 0 Å². The van der Waals surface area contributed by atoms with Crippen LogP contribution < -0.4 is 10.0 Å². The SMILES string of the molecule is Cc1ccc(C#N)cc1S(=O)(=O)NC1CNC1. The minimum atomic E-state index is -3.52. The minimum Gasteiger partial charge on any atom is -0.313 e. The van der Waals surface area contributed by atoms with Crippen LogP contribution in [0, 0.1) is 18.3 Å². The molecule has 1 heterocycles. The highest BCUT2D eigenvalue weighted by molar-refractivity contribution is 7.89. The Hall–Kier alpha value is -1.42. The number of nitriles is 1. The molecule has 0 bridgehead atoms. The Morgan fingerprint density at radius 3 is 2.71 bits per heavy atom. The number of aryl methyl sites for hydroxylation is 1. The fraction of sp³-hybridized carbons (Fsp3) is 0.364. The van der Waals surface area contributed by atoms with Crippen LogP contribution in [0.2, 0.25) is 0 Å². The molecule has 0 radical (unpaired) electrons. The van der Waals surface area contributed by atoms with Gasteiger partial charge in [0, 0.05) is 19.1 Å². The van der Waals surface area contributed by atoms with E-state index >= 15 is 0 Å². The van der Waals surface area contributed by atoms with E-state index in [1.807, 2.05) is 6.07 Å². The summed E-state index contributed by atoms with van der Waals surface area (Å²) in [6, 6.07) is 6.55. The molecule has 0 amide bonds. The van der Waals surface area contributed by atoms with Crippen molar-refractivity contribution in [3.63, 3.8) is 0 Å². The van der Waals surface area contributed by atoms with E-state index in [1.54, 1.807) is 19.1 Å². The molecule has 1 aliphatic heterocycles. The molecule has 0 saturated carbocycles. The molecule has 0 unspecified atom stereocenters. The van der Waals surface area contributed by atoms with Gasteiger partial charge in [0.15, 0.2) is 0 Å². The molecule has 2 rings (SSSR count). The summed E-state index contributed by atoms with van der Waals surface area (Å²) in [6.45, 7) is 3.02. The van der Waals surface area contributed by atoms with E-state index in [0.717, 1.165) is 0 Å². The van der Waals surface area contributed by atoms with Crippen molar-refractivity contribution in [3.05, 3.63) is 29.3 Å². The average Bonchev–Trinajstić information content (AvgIpc) is 2.24. The quantitative estimate of drug-likeness (QED) is 0.799. The van der Waals surface area contributed by atoms with Crippen molar-refractivity contribution in [2.45, 2.75) is 17.9 Å². The molecule has 0 aliphatic carbocycles. The van der Waals surface area contributed by atoms with Crippen molar-refractivity contribution < 1.29 is 8.42 Å². The summed E-state index contributed by atoms with van der Waals surface area (Å²) in [4.78, 5) is 0.184. The van der Waals surface area contributed by atoms with E-state index in [-0.39, 0.29) is 10.9 Å². The Kier molecular flexibility index (Phi) is 3.15. The molecule has 0 atom stereocenters. The molecule has 90 valence electrons. The van der Waals surface area contributed by atoms with E-state index < -0.39 is 10.0 Å². The standard InChI is InChI=1S/C11H13N3O2S/c1-8-2-3-9(5-12)4-11(8)17(15,16)14-10-6-13-7-10/h2-4,10,13-14H,6-7H2,1H3. The van der Waals surface area contributed by atoms with Gasteiger partial charge in [-0.2, -0.15) is 5.26 Å². The highest BCUT2D eigenvalue weighted by Gasteiger charge is 2.25. The number of nitrogens with one attached hydrogen (secondary N) is 2. The van der Waals surface area contributed by atoms with Crippen molar-refractivity contribution in [1.82, 2.24) is 10.0 Å². The second kappa shape index (κ2) is 4.45. The first-order valence-electron chi connectivity index (χ1n) is 5.27. The fourth-order valence-electron chi connectivity index (χ4n) is 1.61. The maximum absolute atomic E-state index is 12.1.